The third kappa shape index (κ3) is 3.41. The highest BCUT2D eigenvalue weighted by Gasteiger charge is 2.35. The van der Waals surface area contributed by atoms with Gasteiger partial charge in [-0.25, -0.2) is 14.5 Å². The Balaban J connectivity index is 1.64. The van der Waals surface area contributed by atoms with Crippen LogP contribution >= 0.6 is 0 Å². The third-order valence-corrected chi connectivity index (χ3v) is 5.67. The molecule has 0 fully saturated rings. The van der Waals surface area contributed by atoms with Gasteiger partial charge in [0, 0.05) is 17.9 Å². The zero-order valence-corrected chi connectivity index (χ0v) is 18.1. The van der Waals surface area contributed by atoms with Crippen molar-refractivity contribution in [2.45, 2.75) is 26.2 Å². The number of benzene rings is 2. The maximum atomic E-state index is 12.6. The molecule has 4 aromatic rings. The van der Waals surface area contributed by atoms with Gasteiger partial charge in [-0.3, -0.25) is 4.79 Å². The van der Waals surface area contributed by atoms with Crippen LogP contribution in [0.3, 0.4) is 0 Å². The normalized spacial score (nSPS) is 15.4. The first-order chi connectivity index (χ1) is 15.5. The molecule has 0 bridgehead atoms. The van der Waals surface area contributed by atoms with E-state index in [0.717, 1.165) is 22.4 Å². The van der Waals surface area contributed by atoms with Crippen molar-refractivity contribution < 1.29 is 14.3 Å². The van der Waals surface area contributed by atoms with Crippen LogP contribution in [0.5, 0.6) is 11.6 Å². The molecule has 3 heterocycles. The van der Waals surface area contributed by atoms with Gasteiger partial charge in [-0.1, -0.05) is 42.5 Å². The van der Waals surface area contributed by atoms with Gasteiger partial charge in [0.15, 0.2) is 17.3 Å². The third-order valence-electron chi connectivity index (χ3n) is 5.67. The summed E-state index contributed by atoms with van der Waals surface area (Å²) < 4.78 is 12.9. The van der Waals surface area contributed by atoms with E-state index in [9.17, 15) is 4.79 Å². The van der Waals surface area contributed by atoms with E-state index in [4.69, 9.17) is 14.5 Å². The molecule has 0 unspecified atom stereocenters. The van der Waals surface area contributed by atoms with Gasteiger partial charge in [0.1, 0.15) is 17.8 Å². The van der Waals surface area contributed by atoms with Gasteiger partial charge in [-0.2, -0.15) is 0 Å². The molecule has 1 aliphatic heterocycles. The van der Waals surface area contributed by atoms with Crippen molar-refractivity contribution in [3.8, 4) is 11.6 Å². The van der Waals surface area contributed by atoms with Crippen molar-refractivity contribution in [1.29, 1.82) is 0 Å². The summed E-state index contributed by atoms with van der Waals surface area (Å²) in [5.41, 5.74) is 4.05. The quantitative estimate of drug-likeness (QED) is 0.478. The molecular formula is C25H22N4O3. The summed E-state index contributed by atoms with van der Waals surface area (Å²) in [6.45, 7) is 3.37. The molecule has 0 amide bonds. The van der Waals surface area contributed by atoms with Gasteiger partial charge in [-0.15, -0.1) is 5.10 Å². The van der Waals surface area contributed by atoms with Crippen LogP contribution in [0.4, 0.5) is 0 Å². The number of carbonyl (C=O) groups excluding carboxylic acids is 1. The molecule has 0 radical (unpaired) electrons. The second-order valence-corrected chi connectivity index (χ2v) is 7.76. The van der Waals surface area contributed by atoms with Crippen molar-refractivity contribution >= 4 is 11.4 Å². The molecular weight excluding hydrogens is 404 g/mol. The Kier molecular flexibility index (Phi) is 4.93. The molecule has 7 nitrogen and oxygen atoms in total. The van der Waals surface area contributed by atoms with Crippen LogP contribution in [-0.4, -0.2) is 32.5 Å². The molecule has 160 valence electrons. The molecule has 2 aromatic heterocycles. The van der Waals surface area contributed by atoms with Crippen LogP contribution < -0.4 is 9.47 Å². The van der Waals surface area contributed by atoms with Crippen LogP contribution in [0.1, 0.15) is 42.3 Å². The van der Waals surface area contributed by atoms with Crippen molar-refractivity contribution in [2.24, 2.45) is 0 Å². The lowest BCUT2D eigenvalue weighted by atomic mass is 9.82. The fourth-order valence-electron chi connectivity index (χ4n) is 4.22. The standard InChI is InChI=1S/C25H22N4O3/c1-15(30)21-16(2)32-25-23(22(21)18-7-5-4-6-8-18)24-27-20(28-29(24)14-26-25)13-17-9-11-19(31-3)12-10-17/h4-12,14,22H,13H2,1-3H3/t22-/m1/s1. The van der Waals surface area contributed by atoms with Crippen LogP contribution in [0, 0.1) is 0 Å². The SMILES string of the molecule is COc1ccc(Cc2nc3c4c(ncn3n2)OC(C)=C(C(C)=O)[C@H]4c2ccccc2)cc1. The largest absolute Gasteiger partial charge is 0.497 e. The van der Waals surface area contributed by atoms with Crippen LogP contribution in [0.15, 0.2) is 72.3 Å². The van der Waals surface area contributed by atoms with E-state index < -0.39 is 0 Å². The van der Waals surface area contributed by atoms with Gasteiger partial charge in [0.05, 0.1) is 12.7 Å². The number of hydrogen-bond acceptors (Lipinski definition) is 6. The van der Waals surface area contributed by atoms with E-state index >= 15 is 0 Å². The minimum atomic E-state index is -0.327. The second kappa shape index (κ2) is 7.92. The van der Waals surface area contributed by atoms with E-state index in [0.29, 0.717) is 35.1 Å². The Bertz CT molecular complexity index is 1340. The molecule has 0 saturated heterocycles. The Labute approximate surface area is 185 Å². The minimum absolute atomic E-state index is 0.0398. The van der Waals surface area contributed by atoms with Crippen molar-refractivity contribution in [3.63, 3.8) is 0 Å². The fraction of sp³-hybridized carbons (Fsp3) is 0.200. The van der Waals surface area contributed by atoms with E-state index in [1.54, 1.807) is 31.8 Å². The number of aromatic nitrogens is 4. The summed E-state index contributed by atoms with van der Waals surface area (Å²) >= 11 is 0. The number of ether oxygens (including phenoxy) is 2. The predicted octanol–water partition coefficient (Wildman–Crippen LogP) is 4.11. The molecule has 32 heavy (non-hydrogen) atoms. The van der Waals surface area contributed by atoms with Gasteiger partial charge < -0.3 is 9.47 Å². The molecule has 0 saturated carbocycles. The fourth-order valence-corrected chi connectivity index (χ4v) is 4.22. The van der Waals surface area contributed by atoms with Gasteiger partial charge in [0.25, 0.3) is 0 Å². The van der Waals surface area contributed by atoms with Crippen LogP contribution in [-0.2, 0) is 11.2 Å². The first-order valence-corrected chi connectivity index (χ1v) is 10.4. The summed E-state index contributed by atoms with van der Waals surface area (Å²) in [6, 6.07) is 17.7. The molecule has 0 N–H and O–H groups in total. The number of nitrogens with zero attached hydrogens (tertiary/aromatic N) is 4. The molecule has 2 aromatic carbocycles. The number of hydrogen-bond donors (Lipinski definition) is 0. The Morgan fingerprint density at radius 3 is 2.56 bits per heavy atom. The number of Topliss-reactive ketones (excluding diaryl/α,β-unsaturated/α-hetero) is 1. The number of carbonyl (C=O) groups is 1. The van der Waals surface area contributed by atoms with E-state index in [2.05, 4.69) is 10.1 Å². The molecule has 0 spiro atoms. The smallest absolute Gasteiger partial charge is 0.228 e. The van der Waals surface area contributed by atoms with E-state index in [-0.39, 0.29) is 11.7 Å². The van der Waals surface area contributed by atoms with Crippen LogP contribution in [0.25, 0.3) is 5.65 Å². The summed E-state index contributed by atoms with van der Waals surface area (Å²) in [6.07, 6.45) is 2.17. The first kappa shape index (κ1) is 19.9. The number of allylic oxidation sites excluding steroid dienone is 2. The average molecular weight is 426 g/mol. The van der Waals surface area contributed by atoms with Gasteiger partial charge in [-0.05, 0) is 37.1 Å². The van der Waals surface area contributed by atoms with E-state index in [1.807, 2.05) is 54.6 Å². The summed E-state index contributed by atoms with van der Waals surface area (Å²) in [5.74, 6) is 2.11. The topological polar surface area (TPSA) is 78.6 Å². The minimum Gasteiger partial charge on any atom is -0.497 e. The van der Waals surface area contributed by atoms with Crippen molar-refractivity contribution in [3.05, 3.63) is 94.8 Å². The van der Waals surface area contributed by atoms with E-state index in [1.165, 1.54) is 0 Å². The molecule has 7 heteroatoms. The Morgan fingerprint density at radius 1 is 1.12 bits per heavy atom. The molecule has 1 aliphatic rings. The predicted molar refractivity (Wildman–Crippen MR) is 119 cm³/mol. The zero-order valence-electron chi connectivity index (χ0n) is 18.1. The Hall–Kier alpha value is -4.00. The first-order valence-electron chi connectivity index (χ1n) is 10.4. The highest BCUT2D eigenvalue weighted by molar-refractivity contribution is 5.97. The van der Waals surface area contributed by atoms with Crippen molar-refractivity contribution in [2.75, 3.05) is 7.11 Å². The number of ketones is 1. The number of methoxy groups -OCH3 is 1. The van der Waals surface area contributed by atoms with Crippen molar-refractivity contribution in [1.82, 2.24) is 19.6 Å². The van der Waals surface area contributed by atoms with Gasteiger partial charge in [0.2, 0.25) is 5.88 Å². The molecule has 1 atom stereocenters. The summed E-state index contributed by atoms with van der Waals surface area (Å²) in [4.78, 5) is 21.9. The lowest BCUT2D eigenvalue weighted by Gasteiger charge is -2.28. The summed E-state index contributed by atoms with van der Waals surface area (Å²) in [5, 5.41) is 4.63. The monoisotopic (exact) mass is 426 g/mol. The van der Waals surface area contributed by atoms with Gasteiger partial charge >= 0.3 is 0 Å². The number of fused-ring (bicyclic) bond motifs is 3. The average Bonchev–Trinajstić information content (AvgIpc) is 3.21. The Morgan fingerprint density at radius 2 is 1.88 bits per heavy atom. The lowest BCUT2D eigenvalue weighted by Crippen LogP contribution is -2.22. The molecule has 5 rings (SSSR count). The number of rotatable bonds is 5. The van der Waals surface area contributed by atoms with Crippen LogP contribution in [0.2, 0.25) is 0 Å². The highest BCUT2D eigenvalue weighted by atomic mass is 16.5. The summed E-state index contributed by atoms with van der Waals surface area (Å²) in [7, 11) is 1.64. The second-order valence-electron chi connectivity index (χ2n) is 7.76. The maximum absolute atomic E-state index is 12.6. The highest BCUT2D eigenvalue weighted by Crippen LogP contribution is 2.44. The zero-order chi connectivity index (χ0) is 22.2. The molecule has 0 aliphatic carbocycles. The maximum Gasteiger partial charge on any atom is 0.228 e. The lowest BCUT2D eigenvalue weighted by molar-refractivity contribution is -0.114.